The van der Waals surface area contributed by atoms with E-state index in [9.17, 15) is 5.11 Å². The Kier molecular flexibility index (Phi) is 4.16. The van der Waals surface area contributed by atoms with Gasteiger partial charge in [-0.3, -0.25) is 4.99 Å². The molecular formula is C18H17ClN2O. The molecule has 1 heterocycles. The van der Waals surface area contributed by atoms with Crippen LogP contribution in [0.1, 0.15) is 24.0 Å². The number of hydrogen-bond donors (Lipinski definition) is 2. The van der Waals surface area contributed by atoms with E-state index in [-0.39, 0.29) is 0 Å². The molecule has 3 rings (SSSR count). The summed E-state index contributed by atoms with van der Waals surface area (Å²) in [6.45, 7) is 0. The zero-order valence-corrected chi connectivity index (χ0v) is 13.1. The number of aliphatic hydroxyl groups excluding tert-OH is 1. The Hall–Kier alpha value is -2.26. The van der Waals surface area contributed by atoms with Gasteiger partial charge in [-0.1, -0.05) is 41.9 Å². The van der Waals surface area contributed by atoms with E-state index in [1.165, 1.54) is 0 Å². The normalized spacial score (nSPS) is 20.0. The van der Waals surface area contributed by atoms with Crippen molar-refractivity contribution in [2.24, 2.45) is 4.99 Å². The number of fused-ring (bicyclic) bond motifs is 1. The molecule has 2 N–H and O–H groups in total. The maximum atomic E-state index is 10.6. The summed E-state index contributed by atoms with van der Waals surface area (Å²) in [4.78, 5) is 4.24. The molecule has 0 fully saturated rings. The third kappa shape index (κ3) is 2.85. The third-order valence-corrected chi connectivity index (χ3v) is 3.98. The number of anilines is 1. The lowest BCUT2D eigenvalue weighted by molar-refractivity contribution is 0.394. The second kappa shape index (κ2) is 6.24. The van der Waals surface area contributed by atoms with Crippen LogP contribution in [0, 0.1) is 0 Å². The number of nitrogens with one attached hydrogen (secondary N) is 1. The lowest BCUT2D eigenvalue weighted by Gasteiger charge is -2.21. The summed E-state index contributed by atoms with van der Waals surface area (Å²) < 4.78 is 0. The van der Waals surface area contributed by atoms with Gasteiger partial charge in [-0.05, 0) is 23.8 Å². The molecule has 0 amide bonds. The van der Waals surface area contributed by atoms with E-state index >= 15 is 0 Å². The quantitative estimate of drug-likeness (QED) is 0.787. The molecule has 0 aliphatic carbocycles. The molecule has 0 bridgehead atoms. The standard InChI is InChI=1S/C18H17ClN2O/c1-20-17-10-9-16(22)18(12-5-3-2-4-6-12)14-11-13(19)7-8-15(14)21-17/h2-8,11,22H,9-10H2,1H3,(H,20,21)/b18-16+. The van der Waals surface area contributed by atoms with Crippen LogP contribution in [0.3, 0.4) is 0 Å². The first kappa shape index (κ1) is 14.7. The SMILES string of the molecule is CN=C1CC/C(O)=C(/c2ccccc2)c2cc(Cl)ccc2N1. The van der Waals surface area contributed by atoms with Gasteiger partial charge in [0.2, 0.25) is 0 Å². The van der Waals surface area contributed by atoms with Gasteiger partial charge < -0.3 is 10.4 Å². The van der Waals surface area contributed by atoms with Gasteiger partial charge in [-0.2, -0.15) is 0 Å². The molecule has 1 aliphatic rings. The first-order valence-corrected chi connectivity index (χ1v) is 7.57. The van der Waals surface area contributed by atoms with E-state index in [2.05, 4.69) is 10.3 Å². The Bertz CT molecular complexity index is 751. The number of amidine groups is 1. The number of nitrogens with zero attached hydrogens (tertiary/aromatic N) is 1. The first-order chi connectivity index (χ1) is 10.7. The highest BCUT2D eigenvalue weighted by molar-refractivity contribution is 6.31. The average molecular weight is 313 g/mol. The van der Waals surface area contributed by atoms with Crippen LogP contribution in [0.2, 0.25) is 5.02 Å². The van der Waals surface area contributed by atoms with E-state index in [1.54, 1.807) is 7.05 Å². The first-order valence-electron chi connectivity index (χ1n) is 7.19. The second-order valence-corrected chi connectivity index (χ2v) is 5.61. The molecule has 4 heteroatoms. The van der Waals surface area contributed by atoms with Crippen molar-refractivity contribution in [2.45, 2.75) is 12.8 Å². The molecule has 0 radical (unpaired) electrons. The molecule has 0 spiro atoms. The maximum absolute atomic E-state index is 10.6. The maximum Gasteiger partial charge on any atom is 0.101 e. The Labute approximate surface area is 135 Å². The van der Waals surface area contributed by atoms with Gasteiger partial charge >= 0.3 is 0 Å². The Morgan fingerprint density at radius 1 is 1.09 bits per heavy atom. The summed E-state index contributed by atoms with van der Waals surface area (Å²) in [6.07, 6.45) is 1.20. The molecule has 0 aromatic heterocycles. The van der Waals surface area contributed by atoms with Crippen molar-refractivity contribution < 1.29 is 5.11 Å². The lowest BCUT2D eigenvalue weighted by Crippen LogP contribution is -2.16. The number of rotatable bonds is 1. The van der Waals surface area contributed by atoms with E-state index in [0.29, 0.717) is 23.6 Å². The van der Waals surface area contributed by atoms with Crippen LogP contribution in [0.25, 0.3) is 5.57 Å². The Balaban J connectivity index is 2.24. The summed E-state index contributed by atoms with van der Waals surface area (Å²) in [7, 11) is 1.75. The van der Waals surface area contributed by atoms with E-state index in [0.717, 1.165) is 28.2 Å². The van der Waals surface area contributed by atoms with Gasteiger partial charge in [0.1, 0.15) is 11.6 Å². The van der Waals surface area contributed by atoms with E-state index in [4.69, 9.17) is 11.6 Å². The van der Waals surface area contributed by atoms with Crippen molar-refractivity contribution in [1.82, 2.24) is 0 Å². The molecule has 1 aliphatic heterocycles. The molecule has 0 unspecified atom stereocenters. The predicted octanol–water partition coefficient (Wildman–Crippen LogP) is 4.89. The molecule has 22 heavy (non-hydrogen) atoms. The Morgan fingerprint density at radius 3 is 2.59 bits per heavy atom. The molecule has 2 aromatic rings. The summed E-state index contributed by atoms with van der Waals surface area (Å²) in [5.41, 5.74) is 3.58. The van der Waals surface area contributed by atoms with Crippen LogP contribution in [0.5, 0.6) is 0 Å². The number of aliphatic imine (C=N–C) groups is 1. The van der Waals surface area contributed by atoms with Crippen molar-refractivity contribution in [2.75, 3.05) is 12.4 Å². The van der Waals surface area contributed by atoms with Crippen LogP contribution in [0.15, 0.2) is 59.3 Å². The molecule has 0 atom stereocenters. The van der Waals surface area contributed by atoms with Crippen LogP contribution in [0.4, 0.5) is 5.69 Å². The molecular weight excluding hydrogens is 296 g/mol. The number of benzene rings is 2. The summed E-state index contributed by atoms with van der Waals surface area (Å²) >= 11 is 6.18. The fourth-order valence-corrected chi connectivity index (χ4v) is 2.83. The van der Waals surface area contributed by atoms with Crippen molar-refractivity contribution in [3.05, 3.63) is 70.4 Å². The molecule has 112 valence electrons. The van der Waals surface area contributed by atoms with Crippen LogP contribution >= 0.6 is 11.6 Å². The fourth-order valence-electron chi connectivity index (χ4n) is 2.66. The van der Waals surface area contributed by atoms with E-state index < -0.39 is 0 Å². The van der Waals surface area contributed by atoms with Gasteiger partial charge in [-0.25, -0.2) is 0 Å². The summed E-state index contributed by atoms with van der Waals surface area (Å²) in [6, 6.07) is 15.5. The van der Waals surface area contributed by atoms with E-state index in [1.807, 2.05) is 48.5 Å². The minimum atomic E-state index is 0.359. The molecule has 0 saturated carbocycles. The average Bonchev–Trinajstić information content (AvgIpc) is 2.53. The van der Waals surface area contributed by atoms with Crippen molar-refractivity contribution >= 4 is 28.7 Å². The molecule has 3 nitrogen and oxygen atoms in total. The smallest absolute Gasteiger partial charge is 0.101 e. The van der Waals surface area contributed by atoms with Crippen LogP contribution in [-0.4, -0.2) is 18.0 Å². The predicted molar refractivity (Wildman–Crippen MR) is 92.8 cm³/mol. The number of halogens is 1. The lowest BCUT2D eigenvalue weighted by atomic mass is 9.92. The zero-order valence-electron chi connectivity index (χ0n) is 12.3. The summed E-state index contributed by atoms with van der Waals surface area (Å²) in [5, 5.41) is 14.6. The van der Waals surface area contributed by atoms with Crippen LogP contribution in [-0.2, 0) is 0 Å². The molecule has 2 aromatic carbocycles. The minimum absolute atomic E-state index is 0.359. The highest BCUT2D eigenvalue weighted by Crippen LogP contribution is 2.36. The van der Waals surface area contributed by atoms with Crippen LogP contribution < -0.4 is 5.32 Å². The second-order valence-electron chi connectivity index (χ2n) is 5.17. The number of allylic oxidation sites excluding steroid dienone is 1. The largest absolute Gasteiger partial charge is 0.512 e. The zero-order chi connectivity index (χ0) is 15.5. The van der Waals surface area contributed by atoms with Crippen molar-refractivity contribution in [1.29, 1.82) is 0 Å². The van der Waals surface area contributed by atoms with Gasteiger partial charge in [-0.15, -0.1) is 0 Å². The minimum Gasteiger partial charge on any atom is -0.512 e. The van der Waals surface area contributed by atoms with Gasteiger partial charge in [0.25, 0.3) is 0 Å². The van der Waals surface area contributed by atoms with Gasteiger partial charge in [0, 0.05) is 41.7 Å². The molecule has 0 saturated heterocycles. The third-order valence-electron chi connectivity index (χ3n) is 3.75. The fraction of sp³-hybridized carbons (Fsp3) is 0.167. The highest BCUT2D eigenvalue weighted by atomic mass is 35.5. The number of aliphatic hydroxyl groups is 1. The monoisotopic (exact) mass is 312 g/mol. The van der Waals surface area contributed by atoms with Gasteiger partial charge in [0.05, 0.1) is 0 Å². The Morgan fingerprint density at radius 2 is 1.86 bits per heavy atom. The van der Waals surface area contributed by atoms with Gasteiger partial charge in [0.15, 0.2) is 0 Å². The number of hydrogen-bond acceptors (Lipinski definition) is 2. The van der Waals surface area contributed by atoms with Crippen molar-refractivity contribution in [3.63, 3.8) is 0 Å². The topological polar surface area (TPSA) is 44.6 Å². The summed E-state index contributed by atoms with van der Waals surface area (Å²) in [5.74, 6) is 1.21. The van der Waals surface area contributed by atoms with Crippen molar-refractivity contribution in [3.8, 4) is 0 Å². The highest BCUT2D eigenvalue weighted by Gasteiger charge is 2.19.